The number of nitrogens with zero attached hydrogens (tertiary/aromatic N) is 2. The van der Waals surface area contributed by atoms with Crippen molar-refractivity contribution in [2.24, 2.45) is 5.41 Å². The molecule has 5 N–H and O–H groups in total. The molecule has 3 unspecified atom stereocenters. The zero-order chi connectivity index (χ0) is 30.2. The van der Waals surface area contributed by atoms with Gasteiger partial charge in [0, 0.05) is 18.5 Å². The first-order valence-electron chi connectivity index (χ1n) is 12.8. The zero-order valence-corrected chi connectivity index (χ0v) is 24.6. The molecule has 41 heavy (non-hydrogen) atoms. The van der Waals surface area contributed by atoms with Gasteiger partial charge in [-0.25, -0.2) is 14.4 Å². The van der Waals surface area contributed by atoms with Crippen molar-refractivity contribution in [3.63, 3.8) is 0 Å². The molecule has 16 heteroatoms. The summed E-state index contributed by atoms with van der Waals surface area (Å²) in [7, 11) is -4.06. The van der Waals surface area contributed by atoms with Gasteiger partial charge in [-0.05, 0) is 32.4 Å². The number of carbonyl (C=O) groups is 2. The Morgan fingerprint density at radius 3 is 2.56 bits per heavy atom. The van der Waals surface area contributed by atoms with E-state index in [1.165, 1.54) is 26.1 Å². The molecule has 0 spiro atoms. The third kappa shape index (κ3) is 8.69. The molecule has 1 saturated heterocycles. The number of nitrogens with one attached hydrogen (secondary N) is 1. The molecule has 1 aromatic heterocycles. The number of nitrogens with two attached hydrogens (primary N) is 1. The summed E-state index contributed by atoms with van der Waals surface area (Å²) in [6.45, 7) is 4.13. The van der Waals surface area contributed by atoms with Gasteiger partial charge in [-0.15, -0.1) is 0 Å². The number of rotatable bonds is 14. The van der Waals surface area contributed by atoms with E-state index in [1.54, 1.807) is 31.2 Å². The molecular weight excluding hydrogens is 579 g/mol. The molecule has 1 aromatic carbocycles. The van der Waals surface area contributed by atoms with E-state index in [0.717, 1.165) is 21.9 Å². The van der Waals surface area contributed by atoms with Gasteiger partial charge in [0.2, 0.25) is 5.12 Å². The molecule has 0 aliphatic carbocycles. The summed E-state index contributed by atoms with van der Waals surface area (Å²) in [5.41, 5.74) is 4.12. The highest BCUT2D eigenvalue weighted by Gasteiger charge is 2.45. The predicted octanol–water partition coefficient (Wildman–Crippen LogP) is 1.22. The van der Waals surface area contributed by atoms with Crippen LogP contribution in [-0.2, 0) is 39.2 Å². The highest BCUT2D eigenvalue weighted by molar-refractivity contribution is 8.13. The summed E-state index contributed by atoms with van der Waals surface area (Å²) >= 11 is 0.823. The fourth-order valence-electron chi connectivity index (χ4n) is 3.67. The summed E-state index contributed by atoms with van der Waals surface area (Å²) in [6.07, 6.45) is -4.22. The van der Waals surface area contributed by atoms with Crippen molar-refractivity contribution in [1.82, 2.24) is 14.6 Å². The van der Waals surface area contributed by atoms with Crippen molar-refractivity contribution < 1.29 is 42.9 Å². The van der Waals surface area contributed by atoms with Crippen LogP contribution >= 0.6 is 19.5 Å². The van der Waals surface area contributed by atoms with Gasteiger partial charge in [0.05, 0.1) is 19.8 Å². The molecule has 0 radical (unpaired) electrons. The number of aliphatic hydroxyl groups is 2. The van der Waals surface area contributed by atoms with Crippen molar-refractivity contribution in [2.75, 3.05) is 31.3 Å². The molecule has 226 valence electrons. The Bertz CT molecular complexity index is 1290. The van der Waals surface area contributed by atoms with Crippen molar-refractivity contribution in [3.8, 4) is 0 Å². The molecule has 2 aromatic rings. The van der Waals surface area contributed by atoms with Gasteiger partial charge in [0.25, 0.3) is 0 Å². The van der Waals surface area contributed by atoms with E-state index < -0.39 is 61.1 Å². The molecule has 3 rings (SSSR count). The summed E-state index contributed by atoms with van der Waals surface area (Å²) in [5.74, 6) is -0.617. The Morgan fingerprint density at radius 2 is 1.90 bits per heavy atom. The maximum absolute atomic E-state index is 13.6. The van der Waals surface area contributed by atoms with Crippen molar-refractivity contribution in [1.29, 1.82) is 0 Å². The lowest BCUT2D eigenvalue weighted by Crippen LogP contribution is -2.36. The Hall–Kier alpha value is -2.62. The van der Waals surface area contributed by atoms with Crippen molar-refractivity contribution >= 4 is 36.4 Å². The van der Waals surface area contributed by atoms with Crippen molar-refractivity contribution in [2.45, 2.75) is 51.9 Å². The van der Waals surface area contributed by atoms with Gasteiger partial charge >= 0.3 is 19.4 Å². The van der Waals surface area contributed by atoms with Gasteiger partial charge in [-0.2, -0.15) is 4.98 Å². The summed E-state index contributed by atoms with van der Waals surface area (Å²) < 4.78 is 36.3. The Kier molecular flexibility index (Phi) is 11.6. The van der Waals surface area contributed by atoms with Gasteiger partial charge in [-0.1, -0.05) is 42.1 Å². The first-order valence-corrected chi connectivity index (χ1v) is 15.3. The monoisotopic (exact) mass is 614 g/mol. The highest BCUT2D eigenvalue weighted by atomic mass is 32.2. The third-order valence-corrected chi connectivity index (χ3v) is 8.77. The van der Waals surface area contributed by atoms with Crippen LogP contribution in [0.3, 0.4) is 0 Å². The largest absolute Gasteiger partial charge is 0.465 e. The Morgan fingerprint density at radius 1 is 1.20 bits per heavy atom. The number of aliphatic hydroxyl groups excluding tert-OH is 2. The molecule has 0 bridgehead atoms. The second-order valence-corrected chi connectivity index (χ2v) is 12.4. The molecule has 1 aliphatic rings. The third-order valence-electron chi connectivity index (χ3n) is 6.07. The summed E-state index contributed by atoms with van der Waals surface area (Å²) in [4.78, 5) is 40.4. The molecule has 1 aliphatic heterocycles. The minimum Gasteiger partial charge on any atom is -0.465 e. The number of esters is 1. The van der Waals surface area contributed by atoms with Crippen LogP contribution < -0.4 is 16.5 Å². The number of hydrogen-bond donors (Lipinski definition) is 4. The lowest BCUT2D eigenvalue weighted by atomic mass is 9.96. The lowest BCUT2D eigenvalue weighted by Gasteiger charge is -2.23. The molecule has 14 nitrogen and oxygen atoms in total. The van der Waals surface area contributed by atoms with Crippen LogP contribution in [0.25, 0.3) is 0 Å². The van der Waals surface area contributed by atoms with E-state index in [-0.39, 0.29) is 31.3 Å². The quantitative estimate of drug-likeness (QED) is 0.102. The van der Waals surface area contributed by atoms with E-state index in [1.807, 2.05) is 6.07 Å². The van der Waals surface area contributed by atoms with Gasteiger partial charge in [0.1, 0.15) is 29.5 Å². The van der Waals surface area contributed by atoms with Gasteiger partial charge < -0.3 is 25.4 Å². The van der Waals surface area contributed by atoms with Crippen LogP contribution in [0.5, 0.6) is 0 Å². The van der Waals surface area contributed by atoms with E-state index in [9.17, 15) is 29.2 Å². The van der Waals surface area contributed by atoms with Crippen LogP contribution in [0.2, 0.25) is 0 Å². The fraction of sp³-hybridized carbons (Fsp3) is 0.520. The number of anilines is 1. The molecule has 1 fully saturated rings. The van der Waals surface area contributed by atoms with E-state index >= 15 is 0 Å². The standard InChI is InChI=1S/C25H35N4O10PS/c1-4-36-22(32)25(2,3)23(33)41-13-12-37-40(35,27-14-16-8-6-5-7-9-16)38-15-17-19(30)20(31)21(39-17)29-11-10-18(26)28-24(29)34/h5-11,17,19-21,30-31H,4,12-15H2,1-3H3,(H,27,35)(H2,26,28,34)/t17-,19?,20?,21-,40?/m1/s1. The van der Waals surface area contributed by atoms with E-state index in [2.05, 4.69) is 10.1 Å². The zero-order valence-electron chi connectivity index (χ0n) is 22.9. The average Bonchev–Trinajstić information content (AvgIpc) is 3.22. The Labute approximate surface area is 241 Å². The summed E-state index contributed by atoms with van der Waals surface area (Å²) in [6, 6.07) is 10.4. The van der Waals surface area contributed by atoms with E-state index in [4.69, 9.17) is 24.3 Å². The smallest absolute Gasteiger partial charge is 0.405 e. The second kappa shape index (κ2) is 14.5. The Balaban J connectivity index is 1.64. The SMILES string of the molecule is CCOC(=O)C(C)(C)C(=O)SCCOP(=O)(NCc1ccccc1)OC[C@H]1O[C@@H](n2ccc(N)nc2=O)C(O)C1O. The number of hydrogen-bond acceptors (Lipinski definition) is 13. The maximum Gasteiger partial charge on any atom is 0.405 e. The number of carbonyl (C=O) groups excluding carboxylic acids is 2. The maximum atomic E-state index is 13.6. The lowest BCUT2D eigenvalue weighted by molar-refractivity contribution is -0.155. The molecule has 2 heterocycles. The normalized spacial score (nSPS) is 22.3. The van der Waals surface area contributed by atoms with Gasteiger partial charge in [-0.3, -0.25) is 23.2 Å². The molecular formula is C25H35N4O10PS. The van der Waals surface area contributed by atoms with Crippen LogP contribution in [0.1, 0.15) is 32.6 Å². The minimum atomic E-state index is -4.06. The number of nitrogen functional groups attached to an aromatic ring is 1. The molecule has 0 amide bonds. The minimum absolute atomic E-state index is 0.0222. The van der Waals surface area contributed by atoms with Gasteiger partial charge in [0.15, 0.2) is 6.23 Å². The van der Waals surface area contributed by atoms with Crippen LogP contribution in [0.4, 0.5) is 5.82 Å². The van der Waals surface area contributed by atoms with Crippen LogP contribution in [0.15, 0.2) is 47.4 Å². The number of thioether (sulfide) groups is 1. The average molecular weight is 615 g/mol. The first-order chi connectivity index (χ1) is 19.4. The fourth-order valence-corrected chi connectivity index (χ4v) is 5.90. The number of ether oxygens (including phenoxy) is 2. The van der Waals surface area contributed by atoms with Crippen molar-refractivity contribution in [3.05, 3.63) is 58.6 Å². The first kappa shape index (κ1) is 32.9. The predicted molar refractivity (Wildman–Crippen MR) is 150 cm³/mol. The number of aromatic nitrogens is 2. The highest BCUT2D eigenvalue weighted by Crippen LogP contribution is 2.45. The topological polar surface area (TPSA) is 202 Å². The number of benzene rings is 1. The molecule has 0 saturated carbocycles. The van der Waals surface area contributed by atoms with Crippen LogP contribution in [-0.4, -0.2) is 74.7 Å². The van der Waals surface area contributed by atoms with E-state index in [0.29, 0.717) is 0 Å². The summed E-state index contributed by atoms with van der Waals surface area (Å²) in [5, 5.41) is 23.3. The molecule has 5 atom stereocenters. The second-order valence-electron chi connectivity index (χ2n) is 9.52. The van der Waals surface area contributed by atoms with Crippen LogP contribution in [0, 0.1) is 5.41 Å².